The lowest BCUT2D eigenvalue weighted by molar-refractivity contribution is -0.143. The summed E-state index contributed by atoms with van der Waals surface area (Å²) >= 11 is 0. The molecule has 2 amide bonds. The van der Waals surface area contributed by atoms with Crippen molar-refractivity contribution >= 4 is 23.8 Å². The van der Waals surface area contributed by atoms with Crippen molar-refractivity contribution in [2.75, 3.05) is 6.54 Å². The quantitative estimate of drug-likeness (QED) is 0.347. The Labute approximate surface area is 121 Å². The van der Waals surface area contributed by atoms with E-state index in [1.165, 1.54) is 0 Å². The summed E-state index contributed by atoms with van der Waals surface area (Å²) in [7, 11) is 0. The standard InChI is InChI=1S/C12H21N3O6/c1-3-6(2)10(12(20)21)15-8(16)5-14-11(19)7(13)4-9(17)18/h6-7,10H,3-5,13H2,1-2H3,(H,14,19)(H,15,16)(H,17,18)(H,20,21)/t6-,7-,10-/m0/s1. The van der Waals surface area contributed by atoms with Gasteiger partial charge < -0.3 is 26.6 Å². The second-order valence-electron chi connectivity index (χ2n) is 4.69. The highest BCUT2D eigenvalue weighted by Crippen LogP contribution is 2.07. The van der Waals surface area contributed by atoms with E-state index in [2.05, 4.69) is 10.6 Å². The first-order valence-electron chi connectivity index (χ1n) is 6.46. The molecule has 0 unspecified atom stereocenters. The van der Waals surface area contributed by atoms with Crippen molar-refractivity contribution in [3.63, 3.8) is 0 Å². The largest absolute Gasteiger partial charge is 0.481 e. The Bertz CT molecular complexity index is 412. The molecule has 9 nitrogen and oxygen atoms in total. The molecule has 0 aromatic carbocycles. The average Bonchev–Trinajstić information content (AvgIpc) is 2.39. The smallest absolute Gasteiger partial charge is 0.326 e. The van der Waals surface area contributed by atoms with Crippen molar-refractivity contribution in [3.05, 3.63) is 0 Å². The van der Waals surface area contributed by atoms with E-state index in [1.807, 2.05) is 0 Å². The van der Waals surface area contributed by atoms with Gasteiger partial charge in [-0.1, -0.05) is 20.3 Å². The molecule has 0 saturated carbocycles. The van der Waals surface area contributed by atoms with E-state index in [1.54, 1.807) is 13.8 Å². The van der Waals surface area contributed by atoms with Crippen molar-refractivity contribution in [2.45, 2.75) is 38.8 Å². The van der Waals surface area contributed by atoms with Gasteiger partial charge in [-0.2, -0.15) is 0 Å². The Kier molecular flexibility index (Phi) is 7.99. The molecule has 0 aliphatic rings. The van der Waals surface area contributed by atoms with E-state index in [9.17, 15) is 19.2 Å². The number of carbonyl (C=O) groups excluding carboxylic acids is 2. The van der Waals surface area contributed by atoms with Gasteiger partial charge in [0.25, 0.3) is 0 Å². The van der Waals surface area contributed by atoms with Crippen molar-refractivity contribution in [1.82, 2.24) is 10.6 Å². The summed E-state index contributed by atoms with van der Waals surface area (Å²) in [6.07, 6.45) is 0.00512. The molecule has 120 valence electrons. The molecule has 0 fully saturated rings. The summed E-state index contributed by atoms with van der Waals surface area (Å²) in [5, 5.41) is 21.9. The molecular formula is C12H21N3O6. The van der Waals surface area contributed by atoms with E-state index >= 15 is 0 Å². The Morgan fingerprint density at radius 2 is 1.76 bits per heavy atom. The lowest BCUT2D eigenvalue weighted by Gasteiger charge is -2.20. The van der Waals surface area contributed by atoms with Gasteiger partial charge in [0, 0.05) is 0 Å². The van der Waals surface area contributed by atoms with Crippen LogP contribution in [0.15, 0.2) is 0 Å². The van der Waals surface area contributed by atoms with Crippen LogP contribution in [0.2, 0.25) is 0 Å². The minimum atomic E-state index is -1.26. The fourth-order valence-electron chi connectivity index (χ4n) is 1.49. The molecule has 0 rings (SSSR count). The minimum Gasteiger partial charge on any atom is -0.481 e. The summed E-state index contributed by atoms with van der Waals surface area (Å²) in [6, 6.07) is -2.31. The number of amides is 2. The topological polar surface area (TPSA) is 159 Å². The molecule has 0 radical (unpaired) electrons. The minimum absolute atomic E-state index is 0.267. The predicted molar refractivity (Wildman–Crippen MR) is 72.3 cm³/mol. The second-order valence-corrected chi connectivity index (χ2v) is 4.69. The number of carbonyl (C=O) groups is 4. The molecule has 9 heteroatoms. The van der Waals surface area contributed by atoms with Crippen molar-refractivity contribution in [1.29, 1.82) is 0 Å². The van der Waals surface area contributed by atoms with E-state index in [0.29, 0.717) is 6.42 Å². The summed E-state index contributed by atoms with van der Waals surface area (Å²) in [5.74, 6) is -4.13. The molecule has 0 spiro atoms. The molecule has 0 heterocycles. The van der Waals surface area contributed by atoms with E-state index in [4.69, 9.17) is 15.9 Å². The van der Waals surface area contributed by atoms with Gasteiger partial charge in [0.2, 0.25) is 11.8 Å². The molecule has 3 atom stereocenters. The highest BCUT2D eigenvalue weighted by Gasteiger charge is 2.25. The number of carboxylic acids is 2. The summed E-state index contributed by atoms with van der Waals surface area (Å²) < 4.78 is 0. The number of rotatable bonds is 9. The van der Waals surface area contributed by atoms with Crippen molar-refractivity contribution in [3.8, 4) is 0 Å². The maximum Gasteiger partial charge on any atom is 0.326 e. The van der Waals surface area contributed by atoms with Crippen LogP contribution >= 0.6 is 0 Å². The molecule has 0 aromatic heterocycles. The van der Waals surface area contributed by atoms with Crippen LogP contribution in [0.1, 0.15) is 26.7 Å². The number of nitrogens with one attached hydrogen (secondary N) is 2. The zero-order valence-corrected chi connectivity index (χ0v) is 12.0. The van der Waals surface area contributed by atoms with E-state index in [0.717, 1.165) is 0 Å². The zero-order chi connectivity index (χ0) is 16.6. The average molecular weight is 303 g/mol. The van der Waals surface area contributed by atoms with E-state index in [-0.39, 0.29) is 5.92 Å². The third-order valence-electron chi connectivity index (χ3n) is 2.95. The molecule has 6 N–H and O–H groups in total. The Morgan fingerprint density at radius 1 is 1.19 bits per heavy atom. The number of hydrogen-bond donors (Lipinski definition) is 5. The third kappa shape index (κ3) is 7.25. The fraction of sp³-hybridized carbons (Fsp3) is 0.667. The maximum absolute atomic E-state index is 11.6. The second kappa shape index (κ2) is 8.90. The van der Waals surface area contributed by atoms with Crippen LogP contribution in [-0.2, 0) is 19.2 Å². The summed E-state index contributed by atoms with van der Waals surface area (Å²) in [5.41, 5.74) is 5.30. The molecule has 0 aromatic rings. The van der Waals surface area contributed by atoms with Gasteiger partial charge in [0.15, 0.2) is 0 Å². The third-order valence-corrected chi connectivity index (χ3v) is 2.95. The maximum atomic E-state index is 11.6. The lowest BCUT2D eigenvalue weighted by Crippen LogP contribution is -2.50. The first kappa shape index (κ1) is 18.8. The molecule has 0 aliphatic heterocycles. The van der Waals surface area contributed by atoms with Crippen LogP contribution in [0.25, 0.3) is 0 Å². The normalized spacial score (nSPS) is 14.6. The van der Waals surface area contributed by atoms with Gasteiger partial charge in [0.1, 0.15) is 6.04 Å². The molecule has 21 heavy (non-hydrogen) atoms. The first-order valence-corrected chi connectivity index (χ1v) is 6.46. The molecule has 0 aliphatic carbocycles. The van der Waals surface area contributed by atoms with E-state index < -0.39 is 48.8 Å². The monoisotopic (exact) mass is 303 g/mol. The molecule has 0 bridgehead atoms. The van der Waals surface area contributed by atoms with Crippen LogP contribution in [-0.4, -0.2) is 52.6 Å². The highest BCUT2D eigenvalue weighted by molar-refractivity contribution is 5.90. The number of hydrogen-bond acceptors (Lipinski definition) is 5. The fourth-order valence-corrected chi connectivity index (χ4v) is 1.49. The summed E-state index contributed by atoms with van der Waals surface area (Å²) in [4.78, 5) is 44.4. The Hall–Kier alpha value is -2.16. The van der Waals surface area contributed by atoms with Gasteiger partial charge in [-0.15, -0.1) is 0 Å². The van der Waals surface area contributed by atoms with Crippen molar-refractivity contribution in [2.24, 2.45) is 11.7 Å². The van der Waals surface area contributed by atoms with Crippen LogP contribution < -0.4 is 16.4 Å². The lowest BCUT2D eigenvalue weighted by atomic mass is 9.99. The van der Waals surface area contributed by atoms with Crippen LogP contribution in [0.5, 0.6) is 0 Å². The van der Waals surface area contributed by atoms with Gasteiger partial charge >= 0.3 is 11.9 Å². The van der Waals surface area contributed by atoms with Crippen LogP contribution in [0.4, 0.5) is 0 Å². The Morgan fingerprint density at radius 3 is 2.19 bits per heavy atom. The van der Waals surface area contributed by atoms with Gasteiger partial charge in [-0.05, 0) is 5.92 Å². The van der Waals surface area contributed by atoms with Gasteiger partial charge in [0.05, 0.1) is 19.0 Å². The number of nitrogens with two attached hydrogens (primary N) is 1. The van der Waals surface area contributed by atoms with Gasteiger partial charge in [-0.3, -0.25) is 14.4 Å². The first-order chi connectivity index (χ1) is 9.68. The zero-order valence-electron chi connectivity index (χ0n) is 12.0. The SMILES string of the molecule is CC[C@H](C)[C@H](NC(=O)CNC(=O)[C@@H](N)CC(=O)O)C(=O)O. The molecular weight excluding hydrogens is 282 g/mol. The van der Waals surface area contributed by atoms with Gasteiger partial charge in [-0.25, -0.2) is 4.79 Å². The number of carboxylic acid groups (broad SMARTS) is 2. The van der Waals surface area contributed by atoms with Crippen LogP contribution in [0, 0.1) is 5.92 Å². The van der Waals surface area contributed by atoms with Crippen LogP contribution in [0.3, 0.4) is 0 Å². The summed E-state index contributed by atoms with van der Waals surface area (Å²) in [6.45, 7) is 3.01. The molecule has 0 saturated heterocycles. The number of aliphatic carboxylic acids is 2. The van der Waals surface area contributed by atoms with Crippen molar-refractivity contribution < 1.29 is 29.4 Å². The predicted octanol–water partition coefficient (Wildman–Crippen LogP) is -1.48. The Balaban J connectivity index is 4.34. The highest BCUT2D eigenvalue weighted by atomic mass is 16.4.